The Labute approximate surface area is 207 Å². The van der Waals surface area contributed by atoms with E-state index in [0.29, 0.717) is 33.8 Å². The van der Waals surface area contributed by atoms with Crippen molar-refractivity contribution in [3.63, 3.8) is 0 Å². The summed E-state index contributed by atoms with van der Waals surface area (Å²) in [5, 5.41) is 0. The molecule has 7 nitrogen and oxygen atoms in total. The van der Waals surface area contributed by atoms with Crippen molar-refractivity contribution in [3.05, 3.63) is 74.0 Å². The Hall–Kier alpha value is -2.53. The van der Waals surface area contributed by atoms with Gasteiger partial charge in [-0.05, 0) is 55.3 Å². The molecule has 168 valence electrons. The first-order valence-corrected chi connectivity index (χ1v) is 12.3. The van der Waals surface area contributed by atoms with E-state index in [1.54, 1.807) is 41.4 Å². The van der Waals surface area contributed by atoms with Crippen LogP contribution in [0.15, 0.2) is 62.8 Å². The van der Waals surface area contributed by atoms with E-state index in [9.17, 15) is 9.59 Å². The van der Waals surface area contributed by atoms with Crippen LogP contribution in [0.2, 0.25) is 0 Å². The minimum atomic E-state index is -0.336. The fourth-order valence-corrected chi connectivity index (χ4v) is 5.20. The maximum absolute atomic E-state index is 13.3. The van der Waals surface area contributed by atoms with Crippen LogP contribution in [0.25, 0.3) is 11.7 Å². The van der Waals surface area contributed by atoms with Crippen molar-refractivity contribution in [2.24, 2.45) is 0 Å². The molecule has 2 saturated heterocycles. The van der Waals surface area contributed by atoms with Crippen LogP contribution in [-0.4, -0.2) is 43.8 Å². The minimum absolute atomic E-state index is 0.0175. The Kier molecular flexibility index (Phi) is 6.33. The lowest BCUT2D eigenvalue weighted by molar-refractivity contribution is -0.123. The molecule has 5 rings (SSSR count). The van der Waals surface area contributed by atoms with E-state index >= 15 is 0 Å². The fraction of sp³-hybridized carbons (Fsp3) is 0.217. The van der Waals surface area contributed by atoms with Gasteiger partial charge in [-0.2, -0.15) is 4.98 Å². The molecule has 0 spiro atoms. The standard InChI is InChI=1S/C23H18BrN3O4S2/c24-14-6-8-15(9-7-14)31-20-17(21(28)26-10-2-1-5-19(26)25-20)12-18-22(29)27(23(32)33-18)13-16-4-3-11-30-16/h1-2,5-10,12,16H,3-4,11,13H2/b18-12+. The number of rotatable bonds is 5. The summed E-state index contributed by atoms with van der Waals surface area (Å²) in [6.45, 7) is 1.12. The molecule has 2 aliphatic heterocycles. The van der Waals surface area contributed by atoms with Crippen LogP contribution < -0.4 is 10.3 Å². The molecule has 1 amide bonds. The Balaban J connectivity index is 1.54. The van der Waals surface area contributed by atoms with Crippen molar-refractivity contribution >= 4 is 61.9 Å². The summed E-state index contributed by atoms with van der Waals surface area (Å²) in [5.74, 6) is 0.400. The monoisotopic (exact) mass is 543 g/mol. The van der Waals surface area contributed by atoms with Gasteiger partial charge in [-0.25, -0.2) is 0 Å². The molecule has 2 aromatic heterocycles. The Morgan fingerprint density at radius 1 is 1.24 bits per heavy atom. The summed E-state index contributed by atoms with van der Waals surface area (Å²) in [4.78, 5) is 32.9. The summed E-state index contributed by atoms with van der Waals surface area (Å²) in [5.41, 5.74) is 0.286. The number of amides is 1. The predicted molar refractivity (Wildman–Crippen MR) is 135 cm³/mol. The molecule has 1 unspecified atom stereocenters. The van der Waals surface area contributed by atoms with Gasteiger partial charge in [-0.15, -0.1) is 0 Å². The van der Waals surface area contributed by atoms with E-state index in [0.717, 1.165) is 17.3 Å². The van der Waals surface area contributed by atoms with Crippen LogP contribution in [0.5, 0.6) is 11.6 Å². The summed E-state index contributed by atoms with van der Waals surface area (Å²) >= 11 is 10.0. The van der Waals surface area contributed by atoms with Gasteiger partial charge in [0.15, 0.2) is 0 Å². The second-order valence-electron chi connectivity index (χ2n) is 7.55. The molecular weight excluding hydrogens is 526 g/mol. The first-order valence-electron chi connectivity index (χ1n) is 10.3. The highest BCUT2D eigenvalue weighted by molar-refractivity contribution is 9.10. The Morgan fingerprint density at radius 3 is 2.82 bits per heavy atom. The quantitative estimate of drug-likeness (QED) is 0.343. The van der Waals surface area contributed by atoms with Crippen LogP contribution in [0.4, 0.5) is 0 Å². The Morgan fingerprint density at radius 2 is 2.06 bits per heavy atom. The summed E-state index contributed by atoms with van der Waals surface area (Å²) in [7, 11) is 0. The van der Waals surface area contributed by atoms with Crippen LogP contribution >= 0.6 is 39.9 Å². The first-order chi connectivity index (χ1) is 16.0. The number of benzene rings is 1. The summed E-state index contributed by atoms with van der Waals surface area (Å²) in [6, 6.07) is 12.5. The first kappa shape index (κ1) is 22.3. The number of hydrogen-bond donors (Lipinski definition) is 0. The molecule has 3 aromatic rings. The zero-order chi connectivity index (χ0) is 22.9. The molecular formula is C23H18BrN3O4S2. The molecule has 2 fully saturated rings. The Bertz CT molecular complexity index is 1330. The molecule has 0 aliphatic carbocycles. The van der Waals surface area contributed by atoms with Gasteiger partial charge >= 0.3 is 0 Å². The average Bonchev–Trinajstić information content (AvgIpc) is 3.42. The van der Waals surface area contributed by atoms with E-state index in [-0.39, 0.29) is 29.0 Å². The maximum atomic E-state index is 13.3. The van der Waals surface area contributed by atoms with Crippen molar-refractivity contribution in [1.82, 2.24) is 14.3 Å². The van der Waals surface area contributed by atoms with Crippen LogP contribution in [0.3, 0.4) is 0 Å². The lowest BCUT2D eigenvalue weighted by Gasteiger charge is -2.18. The average molecular weight is 544 g/mol. The molecule has 4 heterocycles. The van der Waals surface area contributed by atoms with Crippen molar-refractivity contribution in [2.45, 2.75) is 18.9 Å². The maximum Gasteiger partial charge on any atom is 0.269 e. The van der Waals surface area contributed by atoms with Gasteiger partial charge < -0.3 is 9.47 Å². The second kappa shape index (κ2) is 9.38. The highest BCUT2D eigenvalue weighted by atomic mass is 79.9. The molecule has 0 radical (unpaired) electrons. The molecule has 0 saturated carbocycles. The number of thioether (sulfide) groups is 1. The van der Waals surface area contributed by atoms with Gasteiger partial charge in [0.05, 0.1) is 17.6 Å². The van der Waals surface area contributed by atoms with Gasteiger partial charge in [-0.3, -0.25) is 18.9 Å². The fourth-order valence-electron chi connectivity index (χ4n) is 3.68. The normalized spacial score (nSPS) is 19.7. The molecule has 0 N–H and O–H groups in total. The third-order valence-corrected chi connectivity index (χ3v) is 7.23. The molecule has 2 aliphatic rings. The van der Waals surface area contributed by atoms with E-state index in [1.165, 1.54) is 22.2 Å². The van der Waals surface area contributed by atoms with Crippen molar-refractivity contribution in [1.29, 1.82) is 0 Å². The van der Waals surface area contributed by atoms with Crippen molar-refractivity contribution in [3.8, 4) is 11.6 Å². The molecule has 1 atom stereocenters. The largest absolute Gasteiger partial charge is 0.438 e. The number of ether oxygens (including phenoxy) is 2. The van der Waals surface area contributed by atoms with E-state index in [1.807, 2.05) is 12.1 Å². The molecule has 10 heteroatoms. The van der Waals surface area contributed by atoms with E-state index in [2.05, 4.69) is 20.9 Å². The third-order valence-electron chi connectivity index (χ3n) is 5.32. The number of carbonyl (C=O) groups is 1. The summed E-state index contributed by atoms with van der Waals surface area (Å²) < 4.78 is 14.4. The van der Waals surface area contributed by atoms with E-state index in [4.69, 9.17) is 21.7 Å². The summed E-state index contributed by atoms with van der Waals surface area (Å²) in [6.07, 6.45) is 5.02. The number of fused-ring (bicyclic) bond motifs is 1. The van der Waals surface area contributed by atoms with Crippen LogP contribution in [0.1, 0.15) is 18.4 Å². The lowest BCUT2D eigenvalue weighted by Crippen LogP contribution is -2.35. The minimum Gasteiger partial charge on any atom is -0.438 e. The highest BCUT2D eigenvalue weighted by Crippen LogP contribution is 2.35. The number of pyridine rings is 1. The number of aromatic nitrogens is 2. The number of thiocarbonyl (C=S) groups is 1. The van der Waals surface area contributed by atoms with E-state index < -0.39 is 0 Å². The zero-order valence-corrected chi connectivity index (χ0v) is 20.5. The predicted octanol–water partition coefficient (Wildman–Crippen LogP) is 4.63. The number of hydrogen-bond acceptors (Lipinski definition) is 7. The SMILES string of the molecule is O=C1/C(=C\c2c(Oc3ccc(Br)cc3)nc3ccccn3c2=O)SC(=S)N1CC1CCCO1. The van der Waals surface area contributed by atoms with Gasteiger partial charge in [0, 0.05) is 17.3 Å². The second-order valence-corrected chi connectivity index (χ2v) is 10.1. The van der Waals surface area contributed by atoms with Crippen molar-refractivity contribution < 1.29 is 14.3 Å². The molecule has 33 heavy (non-hydrogen) atoms. The van der Waals surface area contributed by atoms with Gasteiger partial charge in [-0.1, -0.05) is 46.0 Å². The van der Waals surface area contributed by atoms with Crippen LogP contribution in [-0.2, 0) is 9.53 Å². The van der Waals surface area contributed by atoms with Crippen LogP contribution in [0, 0.1) is 0 Å². The number of halogens is 1. The highest BCUT2D eigenvalue weighted by Gasteiger charge is 2.35. The van der Waals surface area contributed by atoms with Gasteiger partial charge in [0.2, 0.25) is 5.88 Å². The number of carbonyl (C=O) groups excluding carboxylic acids is 1. The van der Waals surface area contributed by atoms with Gasteiger partial charge in [0.1, 0.15) is 21.3 Å². The van der Waals surface area contributed by atoms with Crippen molar-refractivity contribution in [2.75, 3.05) is 13.2 Å². The molecule has 0 bridgehead atoms. The smallest absolute Gasteiger partial charge is 0.269 e. The zero-order valence-electron chi connectivity index (χ0n) is 17.3. The third kappa shape index (κ3) is 4.61. The van der Waals surface area contributed by atoms with Gasteiger partial charge in [0.25, 0.3) is 11.5 Å². The topological polar surface area (TPSA) is 73.1 Å². The molecule has 1 aromatic carbocycles. The number of nitrogens with zero attached hydrogens (tertiary/aromatic N) is 3. The lowest BCUT2D eigenvalue weighted by atomic mass is 10.2.